The second kappa shape index (κ2) is 4.98. The zero-order valence-electron chi connectivity index (χ0n) is 10.1. The SMILES string of the molecule is CCC(CN)C(N)c1ccc2c(c1)CCC2. The summed E-state index contributed by atoms with van der Waals surface area (Å²) in [4.78, 5) is 0. The van der Waals surface area contributed by atoms with E-state index in [2.05, 4.69) is 25.1 Å². The zero-order valence-corrected chi connectivity index (χ0v) is 10.1. The summed E-state index contributed by atoms with van der Waals surface area (Å²) >= 11 is 0. The van der Waals surface area contributed by atoms with Gasteiger partial charge in [0.2, 0.25) is 0 Å². The highest BCUT2D eigenvalue weighted by Crippen LogP contribution is 2.28. The molecule has 0 amide bonds. The monoisotopic (exact) mass is 218 g/mol. The molecular weight excluding hydrogens is 196 g/mol. The molecule has 0 radical (unpaired) electrons. The summed E-state index contributed by atoms with van der Waals surface area (Å²) < 4.78 is 0. The van der Waals surface area contributed by atoms with Crippen LogP contribution in [-0.2, 0) is 12.8 Å². The molecular formula is C14H22N2. The van der Waals surface area contributed by atoms with E-state index in [4.69, 9.17) is 11.5 Å². The second-order valence-corrected chi connectivity index (χ2v) is 4.81. The summed E-state index contributed by atoms with van der Waals surface area (Å²) in [6, 6.07) is 6.83. The average Bonchev–Trinajstić information content (AvgIpc) is 2.77. The fourth-order valence-electron chi connectivity index (χ4n) is 2.64. The summed E-state index contributed by atoms with van der Waals surface area (Å²) in [5.74, 6) is 0.402. The predicted octanol–water partition coefficient (Wildman–Crippen LogP) is 2.16. The summed E-state index contributed by atoms with van der Waals surface area (Å²) in [6.07, 6.45) is 4.80. The van der Waals surface area contributed by atoms with Gasteiger partial charge in [0, 0.05) is 6.04 Å². The number of hydrogen-bond acceptors (Lipinski definition) is 2. The lowest BCUT2D eigenvalue weighted by atomic mass is 9.90. The van der Waals surface area contributed by atoms with Crippen molar-refractivity contribution >= 4 is 0 Å². The molecule has 0 spiro atoms. The van der Waals surface area contributed by atoms with E-state index in [-0.39, 0.29) is 6.04 Å². The van der Waals surface area contributed by atoms with E-state index in [0.717, 1.165) is 6.42 Å². The molecule has 2 atom stereocenters. The van der Waals surface area contributed by atoms with E-state index >= 15 is 0 Å². The minimum absolute atomic E-state index is 0.0981. The Balaban J connectivity index is 2.20. The maximum Gasteiger partial charge on any atom is 0.0335 e. The molecule has 1 aromatic rings. The van der Waals surface area contributed by atoms with Gasteiger partial charge in [-0.15, -0.1) is 0 Å². The van der Waals surface area contributed by atoms with Gasteiger partial charge in [0.15, 0.2) is 0 Å². The molecule has 2 nitrogen and oxygen atoms in total. The minimum atomic E-state index is 0.0981. The Labute approximate surface area is 98.0 Å². The highest BCUT2D eigenvalue weighted by atomic mass is 14.7. The summed E-state index contributed by atoms with van der Waals surface area (Å²) in [7, 11) is 0. The molecule has 1 aromatic carbocycles. The Morgan fingerprint density at radius 1 is 1.25 bits per heavy atom. The van der Waals surface area contributed by atoms with Crippen molar-refractivity contribution in [3.63, 3.8) is 0 Å². The number of fused-ring (bicyclic) bond motifs is 1. The van der Waals surface area contributed by atoms with Crippen LogP contribution in [0, 0.1) is 5.92 Å². The van der Waals surface area contributed by atoms with Crippen molar-refractivity contribution in [2.24, 2.45) is 17.4 Å². The van der Waals surface area contributed by atoms with Crippen molar-refractivity contribution < 1.29 is 0 Å². The van der Waals surface area contributed by atoms with Crippen molar-refractivity contribution in [1.82, 2.24) is 0 Å². The lowest BCUT2D eigenvalue weighted by molar-refractivity contribution is 0.428. The molecule has 0 bridgehead atoms. The first-order valence-corrected chi connectivity index (χ1v) is 6.33. The van der Waals surface area contributed by atoms with Crippen LogP contribution < -0.4 is 11.5 Å². The van der Waals surface area contributed by atoms with E-state index in [1.54, 1.807) is 0 Å². The molecule has 0 fully saturated rings. The van der Waals surface area contributed by atoms with Crippen LogP contribution in [-0.4, -0.2) is 6.54 Å². The van der Waals surface area contributed by atoms with Crippen LogP contribution in [0.15, 0.2) is 18.2 Å². The quantitative estimate of drug-likeness (QED) is 0.813. The number of benzene rings is 1. The van der Waals surface area contributed by atoms with Gasteiger partial charge in [-0.1, -0.05) is 31.5 Å². The first kappa shape index (κ1) is 11.6. The number of rotatable bonds is 4. The Morgan fingerprint density at radius 2 is 2.00 bits per heavy atom. The van der Waals surface area contributed by atoms with Crippen LogP contribution in [0.5, 0.6) is 0 Å². The van der Waals surface area contributed by atoms with Gasteiger partial charge >= 0.3 is 0 Å². The Morgan fingerprint density at radius 3 is 2.69 bits per heavy atom. The highest BCUT2D eigenvalue weighted by Gasteiger charge is 2.18. The van der Waals surface area contributed by atoms with Gasteiger partial charge in [-0.3, -0.25) is 0 Å². The van der Waals surface area contributed by atoms with Crippen molar-refractivity contribution in [3.05, 3.63) is 34.9 Å². The van der Waals surface area contributed by atoms with Crippen LogP contribution in [0.3, 0.4) is 0 Å². The Bertz CT molecular complexity index is 356. The van der Waals surface area contributed by atoms with E-state index in [1.807, 2.05) is 0 Å². The van der Waals surface area contributed by atoms with Crippen LogP contribution >= 0.6 is 0 Å². The van der Waals surface area contributed by atoms with E-state index < -0.39 is 0 Å². The van der Waals surface area contributed by atoms with Gasteiger partial charge in [0.05, 0.1) is 0 Å². The first-order valence-electron chi connectivity index (χ1n) is 6.33. The Hall–Kier alpha value is -0.860. The molecule has 2 rings (SSSR count). The molecule has 88 valence electrons. The standard InChI is InChI=1S/C14H22N2/c1-2-10(9-15)14(16)13-7-6-11-4-3-5-12(11)8-13/h6-8,10,14H,2-5,9,15-16H2,1H3. The first-order chi connectivity index (χ1) is 7.76. The third-order valence-electron chi connectivity index (χ3n) is 3.84. The van der Waals surface area contributed by atoms with Crippen molar-refractivity contribution in [3.8, 4) is 0 Å². The summed E-state index contributed by atoms with van der Waals surface area (Å²) in [5.41, 5.74) is 16.3. The third-order valence-corrected chi connectivity index (χ3v) is 3.84. The smallest absolute Gasteiger partial charge is 0.0335 e. The van der Waals surface area contributed by atoms with Crippen LogP contribution in [0.1, 0.15) is 42.5 Å². The lowest BCUT2D eigenvalue weighted by Gasteiger charge is -2.22. The molecule has 0 saturated carbocycles. The van der Waals surface area contributed by atoms with E-state index in [0.29, 0.717) is 12.5 Å². The molecule has 2 unspecified atom stereocenters. The largest absolute Gasteiger partial charge is 0.330 e. The summed E-state index contributed by atoms with van der Waals surface area (Å²) in [6.45, 7) is 2.83. The third kappa shape index (κ3) is 2.13. The van der Waals surface area contributed by atoms with Gasteiger partial charge in [-0.2, -0.15) is 0 Å². The van der Waals surface area contributed by atoms with Crippen LogP contribution in [0.25, 0.3) is 0 Å². The van der Waals surface area contributed by atoms with Gasteiger partial charge < -0.3 is 11.5 Å². The normalized spacial score (nSPS) is 18.2. The topological polar surface area (TPSA) is 52.0 Å². The highest BCUT2D eigenvalue weighted by molar-refractivity contribution is 5.36. The molecule has 0 aromatic heterocycles. The molecule has 2 heteroatoms. The zero-order chi connectivity index (χ0) is 11.5. The van der Waals surface area contributed by atoms with Gasteiger partial charge in [-0.05, 0) is 48.4 Å². The van der Waals surface area contributed by atoms with Crippen molar-refractivity contribution in [2.75, 3.05) is 6.54 Å². The maximum absolute atomic E-state index is 6.27. The van der Waals surface area contributed by atoms with Gasteiger partial charge in [0.1, 0.15) is 0 Å². The maximum atomic E-state index is 6.27. The van der Waals surface area contributed by atoms with Crippen LogP contribution in [0.4, 0.5) is 0 Å². The number of nitrogens with two attached hydrogens (primary N) is 2. The van der Waals surface area contributed by atoms with Crippen molar-refractivity contribution in [1.29, 1.82) is 0 Å². The fraction of sp³-hybridized carbons (Fsp3) is 0.571. The number of hydrogen-bond donors (Lipinski definition) is 2. The van der Waals surface area contributed by atoms with Gasteiger partial charge in [-0.25, -0.2) is 0 Å². The molecule has 4 N–H and O–H groups in total. The molecule has 0 saturated heterocycles. The predicted molar refractivity (Wildman–Crippen MR) is 68.2 cm³/mol. The second-order valence-electron chi connectivity index (χ2n) is 4.81. The Kier molecular flexibility index (Phi) is 3.62. The van der Waals surface area contributed by atoms with Gasteiger partial charge in [0.25, 0.3) is 0 Å². The number of aryl methyl sites for hydroxylation is 2. The lowest BCUT2D eigenvalue weighted by Crippen LogP contribution is -2.27. The fourth-order valence-corrected chi connectivity index (χ4v) is 2.64. The van der Waals surface area contributed by atoms with E-state index in [9.17, 15) is 0 Å². The summed E-state index contributed by atoms with van der Waals surface area (Å²) in [5, 5.41) is 0. The van der Waals surface area contributed by atoms with Crippen molar-refractivity contribution in [2.45, 2.75) is 38.6 Å². The molecule has 0 heterocycles. The minimum Gasteiger partial charge on any atom is -0.330 e. The van der Waals surface area contributed by atoms with Crippen LogP contribution in [0.2, 0.25) is 0 Å². The molecule has 0 aliphatic heterocycles. The molecule has 1 aliphatic carbocycles. The average molecular weight is 218 g/mol. The van der Waals surface area contributed by atoms with E-state index in [1.165, 1.54) is 36.0 Å². The molecule has 1 aliphatic rings. The molecule has 16 heavy (non-hydrogen) atoms.